The zero-order valence-corrected chi connectivity index (χ0v) is 15.4. The standard InChI is InChI=1S/C14H14BrN5O4S/c15-11-9-16-14(17-10-11)18-4-6-19(7-5-18)25(23,24)13-3-1-2-12(8-13)20(21)22/h1-3,8-10H,4-7H2. The summed E-state index contributed by atoms with van der Waals surface area (Å²) >= 11 is 3.27. The summed E-state index contributed by atoms with van der Waals surface area (Å²) in [6.45, 7) is 1.39. The Balaban J connectivity index is 1.74. The molecule has 9 nitrogen and oxygen atoms in total. The number of sulfonamides is 1. The van der Waals surface area contributed by atoms with Crippen molar-refractivity contribution in [3.05, 3.63) is 51.2 Å². The van der Waals surface area contributed by atoms with E-state index in [1.54, 1.807) is 12.4 Å². The Morgan fingerprint density at radius 2 is 1.76 bits per heavy atom. The van der Waals surface area contributed by atoms with Crippen LogP contribution in [0.3, 0.4) is 0 Å². The highest BCUT2D eigenvalue weighted by molar-refractivity contribution is 9.10. The molecule has 1 fully saturated rings. The summed E-state index contributed by atoms with van der Waals surface area (Å²) in [4.78, 5) is 20.5. The number of non-ortho nitro benzene ring substituents is 1. The Labute approximate surface area is 152 Å². The van der Waals surface area contributed by atoms with Gasteiger partial charge in [-0.25, -0.2) is 18.4 Å². The van der Waals surface area contributed by atoms with Crippen LogP contribution < -0.4 is 4.90 Å². The van der Waals surface area contributed by atoms with E-state index in [-0.39, 0.29) is 23.7 Å². The molecule has 11 heteroatoms. The summed E-state index contributed by atoms with van der Waals surface area (Å²) in [5.41, 5.74) is -0.247. The van der Waals surface area contributed by atoms with Crippen molar-refractivity contribution >= 4 is 37.6 Å². The van der Waals surface area contributed by atoms with E-state index in [1.807, 2.05) is 4.90 Å². The molecule has 2 heterocycles. The van der Waals surface area contributed by atoms with Crippen molar-refractivity contribution in [2.24, 2.45) is 0 Å². The molecule has 132 valence electrons. The van der Waals surface area contributed by atoms with E-state index in [1.165, 1.54) is 22.5 Å². The van der Waals surface area contributed by atoms with Crippen LogP contribution >= 0.6 is 15.9 Å². The molecule has 0 N–H and O–H groups in total. The summed E-state index contributed by atoms with van der Waals surface area (Å²) in [6.07, 6.45) is 3.27. The molecule has 1 saturated heterocycles. The molecule has 25 heavy (non-hydrogen) atoms. The summed E-state index contributed by atoms with van der Waals surface area (Å²) < 4.78 is 27.5. The minimum Gasteiger partial charge on any atom is -0.338 e. The SMILES string of the molecule is O=[N+]([O-])c1cccc(S(=O)(=O)N2CCN(c3ncc(Br)cn3)CC2)c1. The first kappa shape index (κ1) is 17.7. The fourth-order valence-electron chi connectivity index (χ4n) is 2.50. The Morgan fingerprint density at radius 1 is 1.12 bits per heavy atom. The average Bonchev–Trinajstić information content (AvgIpc) is 2.62. The van der Waals surface area contributed by atoms with Gasteiger partial charge in [-0.2, -0.15) is 4.31 Å². The fourth-order valence-corrected chi connectivity index (χ4v) is 4.17. The van der Waals surface area contributed by atoms with Crippen molar-refractivity contribution in [1.82, 2.24) is 14.3 Å². The monoisotopic (exact) mass is 427 g/mol. The lowest BCUT2D eigenvalue weighted by Crippen LogP contribution is -2.49. The number of nitro groups is 1. The van der Waals surface area contributed by atoms with Gasteiger partial charge in [0.2, 0.25) is 16.0 Å². The Hall–Kier alpha value is -2.11. The second-order valence-corrected chi connectivity index (χ2v) is 8.20. The molecule has 2 aromatic rings. The molecule has 0 atom stereocenters. The van der Waals surface area contributed by atoms with Crippen LogP contribution in [0.25, 0.3) is 0 Å². The number of nitrogens with zero attached hydrogens (tertiary/aromatic N) is 5. The van der Waals surface area contributed by atoms with Crippen molar-refractivity contribution < 1.29 is 13.3 Å². The van der Waals surface area contributed by atoms with Gasteiger partial charge in [0.25, 0.3) is 5.69 Å². The lowest BCUT2D eigenvalue weighted by molar-refractivity contribution is -0.385. The van der Waals surface area contributed by atoms with Gasteiger partial charge in [-0.3, -0.25) is 10.1 Å². The van der Waals surface area contributed by atoms with Gasteiger partial charge < -0.3 is 4.90 Å². The second kappa shape index (κ2) is 7.02. The molecule has 0 bridgehead atoms. The van der Waals surface area contributed by atoms with E-state index in [0.29, 0.717) is 19.0 Å². The zero-order chi connectivity index (χ0) is 18.0. The second-order valence-electron chi connectivity index (χ2n) is 5.35. The summed E-state index contributed by atoms with van der Waals surface area (Å²) in [5, 5.41) is 10.9. The molecule has 0 spiro atoms. The minimum atomic E-state index is -3.78. The molecule has 1 aromatic carbocycles. The van der Waals surface area contributed by atoms with E-state index in [2.05, 4.69) is 25.9 Å². The van der Waals surface area contributed by atoms with Crippen LogP contribution in [0.4, 0.5) is 11.6 Å². The van der Waals surface area contributed by atoms with E-state index >= 15 is 0 Å². The summed E-state index contributed by atoms with van der Waals surface area (Å²) in [6, 6.07) is 5.09. The van der Waals surface area contributed by atoms with Crippen molar-refractivity contribution in [1.29, 1.82) is 0 Å². The third-order valence-corrected chi connectivity index (χ3v) is 6.10. The molecule has 1 aromatic heterocycles. The van der Waals surface area contributed by atoms with E-state index in [4.69, 9.17) is 0 Å². The normalized spacial score (nSPS) is 16.0. The largest absolute Gasteiger partial charge is 0.338 e. The van der Waals surface area contributed by atoms with Crippen LogP contribution in [0.2, 0.25) is 0 Å². The zero-order valence-electron chi connectivity index (χ0n) is 12.9. The van der Waals surface area contributed by atoms with Gasteiger partial charge in [-0.1, -0.05) is 6.07 Å². The number of aromatic nitrogens is 2. The quantitative estimate of drug-likeness (QED) is 0.538. The van der Waals surface area contributed by atoms with Crippen LogP contribution in [0.5, 0.6) is 0 Å². The third-order valence-electron chi connectivity index (χ3n) is 3.79. The van der Waals surface area contributed by atoms with Gasteiger partial charge in [-0.15, -0.1) is 0 Å². The van der Waals surface area contributed by atoms with Gasteiger partial charge in [0.05, 0.1) is 14.3 Å². The van der Waals surface area contributed by atoms with E-state index in [9.17, 15) is 18.5 Å². The van der Waals surface area contributed by atoms with E-state index in [0.717, 1.165) is 10.5 Å². The molecule has 0 radical (unpaired) electrons. The minimum absolute atomic E-state index is 0.0740. The lowest BCUT2D eigenvalue weighted by Gasteiger charge is -2.33. The van der Waals surface area contributed by atoms with E-state index < -0.39 is 14.9 Å². The average molecular weight is 428 g/mol. The molecular formula is C14H14BrN5O4S. The number of hydrogen-bond donors (Lipinski definition) is 0. The van der Waals surface area contributed by atoms with Gasteiger partial charge in [0, 0.05) is 50.7 Å². The summed E-state index contributed by atoms with van der Waals surface area (Å²) in [5.74, 6) is 0.538. The number of rotatable bonds is 4. The van der Waals surface area contributed by atoms with Crippen LogP contribution in [0, 0.1) is 10.1 Å². The highest BCUT2D eigenvalue weighted by atomic mass is 79.9. The Kier molecular flexibility index (Phi) is 4.97. The Morgan fingerprint density at radius 3 is 2.36 bits per heavy atom. The summed E-state index contributed by atoms with van der Waals surface area (Å²) in [7, 11) is -3.78. The van der Waals surface area contributed by atoms with Crippen molar-refractivity contribution in [2.45, 2.75) is 4.90 Å². The molecule has 3 rings (SSSR count). The molecule has 0 unspecified atom stereocenters. The first-order valence-electron chi connectivity index (χ1n) is 7.35. The van der Waals surface area contributed by atoms with Crippen LogP contribution in [0.1, 0.15) is 0 Å². The maximum atomic E-state index is 12.7. The number of nitro benzene ring substituents is 1. The highest BCUT2D eigenvalue weighted by Crippen LogP contribution is 2.23. The van der Waals surface area contributed by atoms with Crippen molar-refractivity contribution in [3.63, 3.8) is 0 Å². The van der Waals surface area contributed by atoms with Gasteiger partial charge in [0.1, 0.15) is 0 Å². The number of benzene rings is 1. The number of hydrogen-bond acceptors (Lipinski definition) is 7. The van der Waals surface area contributed by atoms with Crippen LogP contribution in [0.15, 0.2) is 46.0 Å². The Bertz CT molecular complexity index is 882. The molecule has 1 aliphatic heterocycles. The number of halogens is 1. The highest BCUT2D eigenvalue weighted by Gasteiger charge is 2.30. The van der Waals surface area contributed by atoms with Crippen molar-refractivity contribution in [2.75, 3.05) is 31.1 Å². The smallest absolute Gasteiger partial charge is 0.270 e. The number of anilines is 1. The lowest BCUT2D eigenvalue weighted by atomic mass is 10.3. The van der Waals surface area contributed by atoms with Gasteiger partial charge in [0.15, 0.2) is 0 Å². The maximum absolute atomic E-state index is 12.7. The van der Waals surface area contributed by atoms with Crippen LogP contribution in [-0.4, -0.2) is 53.8 Å². The van der Waals surface area contributed by atoms with Crippen LogP contribution in [-0.2, 0) is 10.0 Å². The predicted molar refractivity (Wildman–Crippen MR) is 93.8 cm³/mol. The maximum Gasteiger partial charge on any atom is 0.270 e. The predicted octanol–water partition coefficient (Wildman–Crippen LogP) is 1.66. The topological polar surface area (TPSA) is 110 Å². The molecule has 0 amide bonds. The first-order valence-corrected chi connectivity index (χ1v) is 9.58. The molecular weight excluding hydrogens is 414 g/mol. The molecule has 0 aliphatic carbocycles. The number of piperazine rings is 1. The fraction of sp³-hybridized carbons (Fsp3) is 0.286. The first-order chi connectivity index (χ1) is 11.9. The van der Waals surface area contributed by atoms with Gasteiger partial charge in [-0.05, 0) is 22.0 Å². The third kappa shape index (κ3) is 3.78. The molecule has 0 saturated carbocycles. The van der Waals surface area contributed by atoms with Crippen molar-refractivity contribution in [3.8, 4) is 0 Å². The van der Waals surface area contributed by atoms with Gasteiger partial charge >= 0.3 is 0 Å². The molecule has 1 aliphatic rings.